The summed E-state index contributed by atoms with van der Waals surface area (Å²) in [5.41, 5.74) is 2.34. The van der Waals surface area contributed by atoms with Crippen molar-refractivity contribution in [3.8, 4) is 5.75 Å². The summed E-state index contributed by atoms with van der Waals surface area (Å²) in [7, 11) is 1.67. The van der Waals surface area contributed by atoms with Crippen molar-refractivity contribution in [1.82, 2.24) is 4.90 Å². The Labute approximate surface area is 147 Å². The maximum absolute atomic E-state index is 11.0. The maximum atomic E-state index is 11.0. The van der Waals surface area contributed by atoms with Crippen molar-refractivity contribution in [2.45, 2.75) is 13.0 Å². The number of benzene rings is 2. The molecule has 1 atom stereocenters. The van der Waals surface area contributed by atoms with Gasteiger partial charge in [0.1, 0.15) is 5.75 Å². The van der Waals surface area contributed by atoms with E-state index in [0.29, 0.717) is 0 Å². The third kappa shape index (κ3) is 3.91. The van der Waals surface area contributed by atoms with E-state index in [2.05, 4.69) is 28.9 Å². The van der Waals surface area contributed by atoms with Gasteiger partial charge in [0.15, 0.2) is 0 Å². The highest BCUT2D eigenvalue weighted by molar-refractivity contribution is 5.49. The minimum Gasteiger partial charge on any atom is -0.497 e. The zero-order valence-corrected chi connectivity index (χ0v) is 14.6. The Hall–Kier alpha value is -2.60. The molecule has 0 unspecified atom stereocenters. The van der Waals surface area contributed by atoms with Gasteiger partial charge in [-0.05, 0) is 36.8 Å². The van der Waals surface area contributed by atoms with Crippen molar-refractivity contribution in [3.05, 3.63) is 64.2 Å². The third-order valence-electron chi connectivity index (χ3n) is 4.86. The Balaban J connectivity index is 1.63. The molecule has 0 aromatic heterocycles. The molecular weight excluding hydrogens is 318 g/mol. The number of anilines is 1. The smallest absolute Gasteiger partial charge is 0.269 e. The van der Waals surface area contributed by atoms with Crippen LogP contribution in [-0.2, 0) is 0 Å². The highest BCUT2D eigenvalue weighted by atomic mass is 16.6. The summed E-state index contributed by atoms with van der Waals surface area (Å²) in [5, 5.41) is 11.0. The van der Waals surface area contributed by atoms with Crippen molar-refractivity contribution >= 4 is 11.4 Å². The zero-order chi connectivity index (χ0) is 17.8. The molecule has 132 valence electrons. The fourth-order valence-corrected chi connectivity index (χ4v) is 3.27. The van der Waals surface area contributed by atoms with Crippen LogP contribution in [0.2, 0.25) is 0 Å². The summed E-state index contributed by atoms with van der Waals surface area (Å²) in [5.74, 6) is 0.863. The van der Waals surface area contributed by atoms with Crippen LogP contribution in [0, 0.1) is 10.1 Å². The van der Waals surface area contributed by atoms with Gasteiger partial charge in [-0.1, -0.05) is 12.1 Å². The number of rotatable bonds is 5. The van der Waals surface area contributed by atoms with Gasteiger partial charge in [-0.25, -0.2) is 0 Å². The summed E-state index contributed by atoms with van der Waals surface area (Å²) in [6.07, 6.45) is 0. The van der Waals surface area contributed by atoms with E-state index in [-0.39, 0.29) is 16.7 Å². The monoisotopic (exact) mass is 341 g/mol. The van der Waals surface area contributed by atoms with Crippen molar-refractivity contribution in [3.63, 3.8) is 0 Å². The van der Waals surface area contributed by atoms with E-state index in [0.717, 1.165) is 37.5 Å². The predicted molar refractivity (Wildman–Crippen MR) is 98.3 cm³/mol. The molecule has 0 N–H and O–H groups in total. The van der Waals surface area contributed by atoms with Gasteiger partial charge in [0.2, 0.25) is 0 Å². The minimum atomic E-state index is -0.335. The number of hydrogen-bond donors (Lipinski definition) is 0. The van der Waals surface area contributed by atoms with Gasteiger partial charge in [0, 0.05) is 50.0 Å². The summed E-state index contributed by atoms with van der Waals surface area (Å²) in [4.78, 5) is 15.4. The number of nitro benzene ring substituents is 1. The van der Waals surface area contributed by atoms with Crippen LogP contribution in [-0.4, -0.2) is 43.1 Å². The second kappa shape index (κ2) is 7.53. The number of nitro groups is 1. The largest absolute Gasteiger partial charge is 0.497 e. The molecule has 0 radical (unpaired) electrons. The number of non-ortho nitro benzene ring substituents is 1. The highest BCUT2D eigenvalue weighted by Gasteiger charge is 2.23. The van der Waals surface area contributed by atoms with E-state index in [1.807, 2.05) is 18.2 Å². The number of piperazine rings is 1. The molecule has 1 fully saturated rings. The van der Waals surface area contributed by atoms with Gasteiger partial charge in [0.25, 0.3) is 5.69 Å². The number of ether oxygens (including phenoxy) is 1. The van der Waals surface area contributed by atoms with E-state index < -0.39 is 0 Å². The van der Waals surface area contributed by atoms with Gasteiger partial charge in [-0.3, -0.25) is 15.0 Å². The molecule has 3 rings (SSSR count). The van der Waals surface area contributed by atoms with Gasteiger partial charge in [-0.15, -0.1) is 0 Å². The van der Waals surface area contributed by atoms with Crippen molar-refractivity contribution < 1.29 is 9.66 Å². The lowest BCUT2D eigenvalue weighted by Gasteiger charge is -2.39. The van der Waals surface area contributed by atoms with E-state index in [9.17, 15) is 10.1 Å². The lowest BCUT2D eigenvalue weighted by atomic mass is 10.1. The summed E-state index contributed by atoms with van der Waals surface area (Å²) in [6, 6.07) is 15.2. The molecule has 2 aromatic carbocycles. The Morgan fingerprint density at radius 3 is 2.36 bits per heavy atom. The molecule has 1 aliphatic rings. The number of hydrogen-bond acceptors (Lipinski definition) is 5. The molecule has 0 bridgehead atoms. The zero-order valence-electron chi connectivity index (χ0n) is 14.6. The van der Waals surface area contributed by atoms with Crippen LogP contribution in [0.25, 0.3) is 0 Å². The fourth-order valence-electron chi connectivity index (χ4n) is 3.27. The summed E-state index contributed by atoms with van der Waals surface area (Å²) in [6.45, 7) is 5.84. The van der Waals surface area contributed by atoms with Crippen LogP contribution >= 0.6 is 0 Å². The number of nitrogens with zero attached hydrogens (tertiary/aromatic N) is 3. The topological polar surface area (TPSA) is 58.8 Å². The lowest BCUT2D eigenvalue weighted by molar-refractivity contribution is -0.384. The quantitative estimate of drug-likeness (QED) is 0.615. The van der Waals surface area contributed by atoms with Crippen molar-refractivity contribution in [2.75, 3.05) is 38.2 Å². The minimum absolute atomic E-state index is 0.154. The average molecular weight is 341 g/mol. The molecule has 6 nitrogen and oxygen atoms in total. The first-order valence-electron chi connectivity index (χ1n) is 8.46. The third-order valence-corrected chi connectivity index (χ3v) is 4.86. The van der Waals surface area contributed by atoms with Gasteiger partial charge < -0.3 is 9.64 Å². The first-order valence-corrected chi connectivity index (χ1v) is 8.46. The molecule has 25 heavy (non-hydrogen) atoms. The molecular formula is C19H23N3O3. The highest BCUT2D eigenvalue weighted by Crippen LogP contribution is 2.26. The summed E-state index contributed by atoms with van der Waals surface area (Å²) >= 11 is 0. The van der Waals surface area contributed by atoms with Crippen LogP contribution < -0.4 is 9.64 Å². The molecule has 1 aliphatic heterocycles. The normalized spacial score (nSPS) is 16.5. The van der Waals surface area contributed by atoms with Crippen LogP contribution in [0.1, 0.15) is 18.5 Å². The Morgan fingerprint density at radius 2 is 1.76 bits per heavy atom. The first kappa shape index (κ1) is 17.2. The second-order valence-electron chi connectivity index (χ2n) is 6.25. The Morgan fingerprint density at radius 1 is 1.08 bits per heavy atom. The molecule has 0 amide bonds. The maximum Gasteiger partial charge on any atom is 0.269 e. The number of methoxy groups -OCH3 is 1. The molecule has 6 heteroatoms. The van der Waals surface area contributed by atoms with E-state index in [1.54, 1.807) is 19.2 Å². The molecule has 2 aromatic rings. The van der Waals surface area contributed by atoms with Crippen LogP contribution in [0.4, 0.5) is 11.4 Å². The fraction of sp³-hybridized carbons (Fsp3) is 0.368. The molecule has 0 spiro atoms. The second-order valence-corrected chi connectivity index (χ2v) is 6.25. The SMILES string of the molecule is COc1ccc(N2CCN([C@@H](C)c3cccc([N+](=O)[O-])c3)CC2)cc1. The first-order chi connectivity index (χ1) is 12.1. The average Bonchev–Trinajstić information content (AvgIpc) is 2.67. The Kier molecular flexibility index (Phi) is 5.19. The predicted octanol–water partition coefficient (Wildman–Crippen LogP) is 3.49. The molecule has 0 aliphatic carbocycles. The van der Waals surface area contributed by atoms with E-state index >= 15 is 0 Å². The van der Waals surface area contributed by atoms with Crippen molar-refractivity contribution in [2.24, 2.45) is 0 Å². The van der Waals surface area contributed by atoms with Crippen LogP contribution in [0.15, 0.2) is 48.5 Å². The van der Waals surface area contributed by atoms with Crippen LogP contribution in [0.5, 0.6) is 5.75 Å². The molecule has 1 heterocycles. The van der Waals surface area contributed by atoms with Crippen LogP contribution in [0.3, 0.4) is 0 Å². The van der Waals surface area contributed by atoms with Crippen molar-refractivity contribution in [1.29, 1.82) is 0 Å². The molecule has 1 saturated heterocycles. The van der Waals surface area contributed by atoms with Gasteiger partial charge in [0.05, 0.1) is 12.0 Å². The standard InChI is InChI=1S/C19H23N3O3/c1-15(16-4-3-5-18(14-16)22(23)24)20-10-12-21(13-11-20)17-6-8-19(25-2)9-7-17/h3-9,14-15H,10-13H2,1-2H3/t15-/m0/s1. The molecule has 0 saturated carbocycles. The van der Waals surface area contributed by atoms with Gasteiger partial charge >= 0.3 is 0 Å². The lowest BCUT2D eigenvalue weighted by Crippen LogP contribution is -2.47. The Bertz CT molecular complexity index is 725. The summed E-state index contributed by atoms with van der Waals surface area (Å²) < 4.78 is 5.21. The van der Waals surface area contributed by atoms with Gasteiger partial charge in [-0.2, -0.15) is 0 Å². The van der Waals surface area contributed by atoms with E-state index in [1.165, 1.54) is 11.8 Å². The van der Waals surface area contributed by atoms with E-state index in [4.69, 9.17) is 4.74 Å².